The van der Waals surface area contributed by atoms with Crippen molar-refractivity contribution in [3.8, 4) is 17.0 Å². The van der Waals surface area contributed by atoms with Crippen molar-refractivity contribution < 1.29 is 65.7 Å². The smallest absolute Gasteiger partial charge is 0.262 e. The van der Waals surface area contributed by atoms with Gasteiger partial charge in [-0.2, -0.15) is 0 Å². The lowest BCUT2D eigenvalue weighted by atomic mass is 10.0. The second-order valence-corrected chi connectivity index (χ2v) is 18.6. The molecule has 1 fully saturated rings. The molecule has 2 aromatic heterocycles. The van der Waals surface area contributed by atoms with Crippen molar-refractivity contribution in [2.75, 3.05) is 64.3 Å². The van der Waals surface area contributed by atoms with Crippen LogP contribution < -0.4 is 31.3 Å². The molecule has 1 saturated heterocycles. The molecule has 2 aliphatic heterocycles. The minimum absolute atomic E-state index is 0.00173. The standard InChI is InChI=1S/C47H48N8O14S2/c1-71(64,65)54-18-15-32(24-54)42(59)50-36(43(60)53-47-51-37(28-70-47)30-5-3-2-4-6-30)26-68-25-29-7-9-31(10-8-29)41(58)49-17-20-67-22-21-66-19-16-48-40(57)27-69-33-11-12-34-35(23-33)46(63)55(45(34)62)38-13-14-39(56)52-44(38)61/h2-12,15,18,23-24,28,36,38H,13-14,16-17,19-22,25-27H2,1H3,(H,48,57)(H,49,58)(H,50,59)(H,51,53,60)(H,52,56,61)/t36-,38?/m0/s1. The third kappa shape index (κ3) is 13.8. The molecule has 1 unspecified atom stereocenters. The Bertz CT molecular complexity index is 2910. The van der Waals surface area contributed by atoms with Crippen LogP contribution in [0.5, 0.6) is 5.75 Å². The largest absolute Gasteiger partial charge is 0.484 e. The maximum absolute atomic E-state index is 13.5. The van der Waals surface area contributed by atoms with E-state index in [1.54, 1.807) is 29.6 Å². The van der Waals surface area contributed by atoms with Crippen molar-refractivity contribution >= 4 is 73.7 Å². The van der Waals surface area contributed by atoms with Crippen LogP contribution in [0.4, 0.5) is 5.13 Å². The van der Waals surface area contributed by atoms with Crippen molar-refractivity contribution in [3.63, 3.8) is 0 Å². The summed E-state index contributed by atoms with van der Waals surface area (Å²) in [5.41, 5.74) is 2.71. The molecule has 372 valence electrons. The Labute approximate surface area is 410 Å². The summed E-state index contributed by atoms with van der Waals surface area (Å²) in [6.45, 7) is 0.622. The number of imide groups is 2. The molecule has 0 saturated carbocycles. The molecule has 0 radical (unpaired) electrons. The number of nitrogens with zero attached hydrogens (tertiary/aromatic N) is 3. The van der Waals surface area contributed by atoms with E-state index < -0.39 is 63.5 Å². The highest BCUT2D eigenvalue weighted by Crippen LogP contribution is 2.30. The second kappa shape index (κ2) is 23.8. The Morgan fingerprint density at radius 2 is 1.55 bits per heavy atom. The number of hydrogen-bond donors (Lipinski definition) is 5. The van der Waals surface area contributed by atoms with E-state index in [4.69, 9.17) is 18.9 Å². The number of nitrogens with one attached hydrogen (secondary N) is 5. The van der Waals surface area contributed by atoms with E-state index in [-0.39, 0.29) is 101 Å². The van der Waals surface area contributed by atoms with E-state index >= 15 is 0 Å². The zero-order chi connectivity index (χ0) is 50.5. The number of carbonyl (C=O) groups excluding carboxylic acids is 8. The monoisotopic (exact) mass is 1010 g/mol. The van der Waals surface area contributed by atoms with Crippen LogP contribution in [0.2, 0.25) is 0 Å². The zero-order valence-corrected chi connectivity index (χ0v) is 39.7. The molecule has 0 bridgehead atoms. The SMILES string of the molecule is CS(=O)(=O)n1ccc(C(=O)N[C@@H](COCc2ccc(C(=O)NCCOCCOCCNC(=O)COc3ccc4c(c3)C(=O)N(C3CCC(=O)NC3=O)C4=O)cc2)C(=O)Nc2nc(-c3ccccc3)cs2)c1. The minimum Gasteiger partial charge on any atom is -0.484 e. The summed E-state index contributed by atoms with van der Waals surface area (Å²) in [4.78, 5) is 107. The lowest BCUT2D eigenvalue weighted by molar-refractivity contribution is -0.136. The average Bonchev–Trinajstić information content (AvgIpc) is 4.11. The van der Waals surface area contributed by atoms with Crippen LogP contribution in [0.3, 0.4) is 0 Å². The third-order valence-corrected chi connectivity index (χ3v) is 12.5. The Morgan fingerprint density at radius 1 is 0.831 bits per heavy atom. The van der Waals surface area contributed by atoms with Gasteiger partial charge in [0.05, 0.1) is 68.3 Å². The highest BCUT2D eigenvalue weighted by molar-refractivity contribution is 7.89. The van der Waals surface area contributed by atoms with E-state index in [9.17, 15) is 46.8 Å². The number of fused-ring (bicyclic) bond motifs is 1. The van der Waals surface area contributed by atoms with Crippen LogP contribution in [0.1, 0.15) is 59.8 Å². The van der Waals surface area contributed by atoms with E-state index in [0.29, 0.717) is 22.0 Å². The van der Waals surface area contributed by atoms with Gasteiger partial charge >= 0.3 is 0 Å². The minimum atomic E-state index is -3.64. The summed E-state index contributed by atoms with van der Waals surface area (Å²) >= 11 is 1.21. The van der Waals surface area contributed by atoms with Crippen LogP contribution in [-0.2, 0) is 50.0 Å². The van der Waals surface area contributed by atoms with Gasteiger partial charge in [-0.05, 0) is 48.4 Å². The van der Waals surface area contributed by atoms with Gasteiger partial charge in [0.2, 0.25) is 21.8 Å². The molecule has 8 amide bonds. The number of benzene rings is 3. The predicted molar refractivity (Wildman–Crippen MR) is 254 cm³/mol. The number of carbonyl (C=O) groups is 8. The number of amides is 8. The highest BCUT2D eigenvalue weighted by Gasteiger charge is 2.44. The molecule has 2 aliphatic rings. The number of rotatable bonds is 24. The maximum Gasteiger partial charge on any atom is 0.262 e. The molecular weight excluding hydrogens is 965 g/mol. The van der Waals surface area contributed by atoms with Crippen LogP contribution in [0, 0.1) is 0 Å². The number of piperidine rings is 1. The Hall–Kier alpha value is -7.64. The van der Waals surface area contributed by atoms with E-state index in [2.05, 4.69) is 31.6 Å². The Morgan fingerprint density at radius 3 is 2.25 bits per heavy atom. The molecule has 7 rings (SSSR count). The maximum atomic E-state index is 13.5. The topological polar surface area (TPSA) is 289 Å². The first kappa shape index (κ1) is 51.2. The number of thiazole rings is 1. The summed E-state index contributed by atoms with van der Waals surface area (Å²) < 4.78 is 47.1. The second-order valence-electron chi connectivity index (χ2n) is 15.9. The van der Waals surface area contributed by atoms with E-state index in [1.807, 2.05) is 30.3 Å². The van der Waals surface area contributed by atoms with Crippen LogP contribution in [0.25, 0.3) is 11.3 Å². The Balaban J connectivity index is 0.760. The molecule has 4 heterocycles. The van der Waals surface area contributed by atoms with E-state index in [1.165, 1.54) is 41.8 Å². The number of aromatic nitrogens is 2. The lowest BCUT2D eigenvalue weighted by Gasteiger charge is -2.27. The molecule has 22 nitrogen and oxygen atoms in total. The molecule has 5 aromatic rings. The summed E-state index contributed by atoms with van der Waals surface area (Å²) in [5, 5.41) is 15.0. The van der Waals surface area contributed by atoms with Gasteiger partial charge in [0, 0.05) is 48.4 Å². The average molecular weight is 1010 g/mol. The van der Waals surface area contributed by atoms with Crippen LogP contribution in [0.15, 0.2) is 96.6 Å². The van der Waals surface area contributed by atoms with Gasteiger partial charge in [0.25, 0.3) is 35.4 Å². The first-order valence-electron chi connectivity index (χ1n) is 22.0. The first-order chi connectivity index (χ1) is 34.1. The predicted octanol–water partition coefficient (Wildman–Crippen LogP) is 1.73. The van der Waals surface area contributed by atoms with Crippen molar-refractivity contribution in [3.05, 3.63) is 124 Å². The molecule has 71 heavy (non-hydrogen) atoms. The number of ether oxygens (including phenoxy) is 4. The molecule has 2 atom stereocenters. The quantitative estimate of drug-likeness (QED) is 0.0435. The van der Waals surface area contributed by atoms with Crippen molar-refractivity contribution in [1.29, 1.82) is 0 Å². The number of hydrogen-bond acceptors (Lipinski definition) is 16. The first-order valence-corrected chi connectivity index (χ1v) is 24.7. The van der Waals surface area contributed by atoms with Gasteiger partial charge in [0.1, 0.15) is 17.8 Å². The van der Waals surface area contributed by atoms with Gasteiger partial charge in [0.15, 0.2) is 11.7 Å². The zero-order valence-electron chi connectivity index (χ0n) is 38.0. The normalized spacial score (nSPS) is 14.9. The fraction of sp³-hybridized carbons (Fsp3) is 0.298. The molecule has 3 aromatic carbocycles. The summed E-state index contributed by atoms with van der Waals surface area (Å²) in [6, 6.07) is 19.1. The molecule has 5 N–H and O–H groups in total. The van der Waals surface area contributed by atoms with Crippen molar-refractivity contribution in [2.24, 2.45) is 0 Å². The molecule has 0 aliphatic carbocycles. The van der Waals surface area contributed by atoms with Gasteiger partial charge < -0.3 is 40.2 Å². The van der Waals surface area contributed by atoms with Gasteiger partial charge in [-0.15, -0.1) is 11.3 Å². The molecular formula is C47H48N8O14S2. The van der Waals surface area contributed by atoms with Crippen LogP contribution in [-0.4, -0.2) is 141 Å². The van der Waals surface area contributed by atoms with E-state index in [0.717, 1.165) is 26.9 Å². The van der Waals surface area contributed by atoms with Crippen LogP contribution >= 0.6 is 11.3 Å². The Kier molecular flexibility index (Phi) is 17.2. The third-order valence-electron chi connectivity index (χ3n) is 10.8. The van der Waals surface area contributed by atoms with Crippen molar-refractivity contribution in [1.82, 2.24) is 35.1 Å². The lowest BCUT2D eigenvalue weighted by Crippen LogP contribution is -2.54. The summed E-state index contributed by atoms with van der Waals surface area (Å²) in [7, 11) is -3.64. The van der Waals surface area contributed by atoms with Gasteiger partial charge in [-0.3, -0.25) is 52.5 Å². The van der Waals surface area contributed by atoms with Gasteiger partial charge in [-0.1, -0.05) is 42.5 Å². The molecule has 24 heteroatoms. The van der Waals surface area contributed by atoms with Crippen molar-refractivity contribution in [2.45, 2.75) is 31.5 Å². The highest BCUT2D eigenvalue weighted by atomic mass is 32.2. The fourth-order valence-electron chi connectivity index (χ4n) is 7.12. The molecule has 0 spiro atoms. The fourth-order valence-corrected chi connectivity index (χ4v) is 8.43. The van der Waals surface area contributed by atoms with Gasteiger partial charge in [-0.25, -0.2) is 13.4 Å². The summed E-state index contributed by atoms with van der Waals surface area (Å²) in [6.07, 6.45) is 3.39. The summed E-state index contributed by atoms with van der Waals surface area (Å²) in [5.74, 6) is -4.46. The number of anilines is 1.